The molecule has 0 unspecified atom stereocenters. The summed E-state index contributed by atoms with van der Waals surface area (Å²) in [6, 6.07) is 0. The number of nitrogens with one attached hydrogen (secondary N) is 2. The van der Waals surface area contributed by atoms with Gasteiger partial charge in [-0.05, 0) is 0 Å². The zero-order valence-corrected chi connectivity index (χ0v) is 8.10. The van der Waals surface area contributed by atoms with E-state index in [0.717, 1.165) is 0 Å². The summed E-state index contributed by atoms with van der Waals surface area (Å²) < 4.78 is 0. The minimum Gasteiger partial charge on any atom is -0.383 e. The molecule has 0 bridgehead atoms. The summed E-state index contributed by atoms with van der Waals surface area (Å²) >= 11 is 0. The number of aromatic nitrogens is 6. The third kappa shape index (κ3) is 1.10. The normalized spacial score (nSPS) is 11.0. The lowest BCUT2D eigenvalue weighted by molar-refractivity contribution is 1.10. The monoisotopic (exact) mass is 216 g/mol. The highest BCUT2D eigenvalue weighted by Gasteiger charge is 2.12. The topological polar surface area (TPSA) is 135 Å². The van der Waals surface area contributed by atoms with Gasteiger partial charge in [-0.15, -0.1) is 0 Å². The Balaban J connectivity index is 2.27. The van der Waals surface area contributed by atoms with Gasteiger partial charge in [0.1, 0.15) is 23.5 Å². The predicted octanol–water partition coefficient (Wildman–Crippen LogP) is -0.0926. The van der Waals surface area contributed by atoms with Crippen LogP contribution in [0.15, 0.2) is 12.5 Å². The van der Waals surface area contributed by atoms with Crippen LogP contribution in [-0.2, 0) is 0 Å². The van der Waals surface area contributed by atoms with E-state index in [2.05, 4.69) is 30.1 Å². The molecular formula is C8H8N8. The van der Waals surface area contributed by atoms with Gasteiger partial charge in [-0.3, -0.25) is 5.10 Å². The van der Waals surface area contributed by atoms with Gasteiger partial charge in [-0.1, -0.05) is 0 Å². The summed E-state index contributed by atoms with van der Waals surface area (Å²) in [5, 5.41) is 6.44. The molecule has 16 heavy (non-hydrogen) atoms. The Bertz CT molecular complexity index is 651. The van der Waals surface area contributed by atoms with Crippen molar-refractivity contribution < 1.29 is 0 Å². The molecule has 0 radical (unpaired) electrons. The predicted molar refractivity (Wildman–Crippen MR) is 58.1 cm³/mol. The van der Waals surface area contributed by atoms with Gasteiger partial charge in [0.15, 0.2) is 11.5 Å². The molecule has 8 heteroatoms. The molecule has 0 aliphatic rings. The summed E-state index contributed by atoms with van der Waals surface area (Å²) in [6.45, 7) is 0. The van der Waals surface area contributed by atoms with E-state index in [1.165, 1.54) is 6.33 Å². The number of anilines is 2. The van der Waals surface area contributed by atoms with Gasteiger partial charge >= 0.3 is 0 Å². The first kappa shape index (κ1) is 8.65. The maximum absolute atomic E-state index is 5.69. The van der Waals surface area contributed by atoms with Gasteiger partial charge in [0, 0.05) is 0 Å². The first-order valence-electron chi connectivity index (χ1n) is 4.51. The van der Waals surface area contributed by atoms with E-state index in [0.29, 0.717) is 34.2 Å². The second-order valence-corrected chi connectivity index (χ2v) is 3.24. The van der Waals surface area contributed by atoms with Crippen LogP contribution in [0.4, 0.5) is 11.6 Å². The van der Waals surface area contributed by atoms with Gasteiger partial charge in [0.2, 0.25) is 0 Å². The highest BCUT2D eigenvalue weighted by molar-refractivity contribution is 5.85. The third-order valence-corrected chi connectivity index (χ3v) is 2.24. The summed E-state index contributed by atoms with van der Waals surface area (Å²) in [6.07, 6.45) is 2.94. The maximum atomic E-state index is 5.69. The fourth-order valence-electron chi connectivity index (χ4n) is 1.46. The molecule has 0 saturated carbocycles. The summed E-state index contributed by atoms with van der Waals surface area (Å²) in [5.74, 6) is 1.35. The molecule has 0 aliphatic carbocycles. The quantitative estimate of drug-likeness (QED) is 0.448. The van der Waals surface area contributed by atoms with Crippen LogP contribution in [0.25, 0.3) is 22.6 Å². The SMILES string of the molecule is Nc1[nH]ncc1-c1nc2ncnc(N)c2[nH]1. The average molecular weight is 216 g/mol. The van der Waals surface area contributed by atoms with Crippen LogP contribution in [0.2, 0.25) is 0 Å². The lowest BCUT2D eigenvalue weighted by Gasteiger charge is -1.91. The fraction of sp³-hybridized carbons (Fsp3) is 0. The van der Waals surface area contributed by atoms with Gasteiger partial charge in [-0.2, -0.15) is 5.10 Å². The molecule has 0 amide bonds. The largest absolute Gasteiger partial charge is 0.383 e. The van der Waals surface area contributed by atoms with Crippen molar-refractivity contribution >= 4 is 22.8 Å². The number of aromatic amines is 2. The second kappa shape index (κ2) is 2.92. The molecule has 0 spiro atoms. The van der Waals surface area contributed by atoms with Gasteiger partial charge in [-0.25, -0.2) is 15.0 Å². The van der Waals surface area contributed by atoms with Crippen molar-refractivity contribution in [2.24, 2.45) is 0 Å². The number of H-pyrrole nitrogens is 2. The Morgan fingerprint density at radius 1 is 1.19 bits per heavy atom. The number of nitrogen functional groups attached to an aromatic ring is 2. The first-order chi connectivity index (χ1) is 7.75. The standard InChI is InChI=1S/C8H8N8/c9-5-3(1-13-16-5)7-14-4-6(10)11-2-12-8(4)15-7/h1-2H,(H3,9,13,16)(H3,10,11,12,14,15). The Morgan fingerprint density at radius 3 is 2.75 bits per heavy atom. The van der Waals surface area contributed by atoms with Crippen LogP contribution in [0, 0.1) is 0 Å². The molecule has 0 aromatic carbocycles. The van der Waals surface area contributed by atoms with Crippen molar-refractivity contribution in [3.8, 4) is 11.4 Å². The van der Waals surface area contributed by atoms with Gasteiger partial charge < -0.3 is 16.5 Å². The molecule has 80 valence electrons. The summed E-state index contributed by atoms with van der Waals surface area (Å²) in [4.78, 5) is 15.1. The lowest BCUT2D eigenvalue weighted by Crippen LogP contribution is -1.91. The molecule has 8 nitrogen and oxygen atoms in total. The van der Waals surface area contributed by atoms with Crippen molar-refractivity contribution in [3.05, 3.63) is 12.5 Å². The third-order valence-electron chi connectivity index (χ3n) is 2.24. The fourth-order valence-corrected chi connectivity index (χ4v) is 1.46. The van der Waals surface area contributed by atoms with E-state index in [-0.39, 0.29) is 0 Å². The second-order valence-electron chi connectivity index (χ2n) is 3.24. The summed E-state index contributed by atoms with van der Waals surface area (Å²) in [5.41, 5.74) is 13.1. The number of imidazole rings is 1. The highest BCUT2D eigenvalue weighted by Crippen LogP contribution is 2.23. The molecule has 6 N–H and O–H groups in total. The minimum atomic E-state index is 0.353. The van der Waals surface area contributed by atoms with E-state index >= 15 is 0 Å². The zero-order valence-electron chi connectivity index (χ0n) is 8.10. The lowest BCUT2D eigenvalue weighted by atomic mass is 10.3. The van der Waals surface area contributed by atoms with Crippen LogP contribution in [-0.4, -0.2) is 30.1 Å². The number of hydrogen-bond acceptors (Lipinski definition) is 6. The van der Waals surface area contributed by atoms with E-state index in [9.17, 15) is 0 Å². The Labute approximate surface area is 89.1 Å². The number of nitrogens with two attached hydrogens (primary N) is 2. The molecular weight excluding hydrogens is 208 g/mol. The molecule has 3 aromatic heterocycles. The zero-order chi connectivity index (χ0) is 11.1. The molecule has 0 aliphatic heterocycles. The van der Waals surface area contributed by atoms with E-state index in [1.54, 1.807) is 6.20 Å². The van der Waals surface area contributed by atoms with Crippen molar-refractivity contribution in [2.45, 2.75) is 0 Å². The van der Waals surface area contributed by atoms with E-state index in [4.69, 9.17) is 11.5 Å². The van der Waals surface area contributed by atoms with Crippen LogP contribution in [0.3, 0.4) is 0 Å². The van der Waals surface area contributed by atoms with Gasteiger partial charge in [0.05, 0.1) is 11.8 Å². The Hall–Kier alpha value is -2.64. The first-order valence-corrected chi connectivity index (χ1v) is 4.51. The van der Waals surface area contributed by atoms with Crippen molar-refractivity contribution in [1.29, 1.82) is 0 Å². The van der Waals surface area contributed by atoms with Crippen LogP contribution in [0.1, 0.15) is 0 Å². The Morgan fingerprint density at radius 2 is 2.06 bits per heavy atom. The average Bonchev–Trinajstić information content (AvgIpc) is 2.84. The number of nitrogens with zero attached hydrogens (tertiary/aromatic N) is 4. The molecule has 0 fully saturated rings. The molecule has 0 atom stereocenters. The number of hydrogen-bond donors (Lipinski definition) is 4. The minimum absolute atomic E-state index is 0.353. The smallest absolute Gasteiger partial charge is 0.183 e. The van der Waals surface area contributed by atoms with Crippen LogP contribution < -0.4 is 11.5 Å². The van der Waals surface area contributed by atoms with Crippen LogP contribution in [0.5, 0.6) is 0 Å². The summed E-state index contributed by atoms with van der Waals surface area (Å²) in [7, 11) is 0. The number of fused-ring (bicyclic) bond motifs is 1. The van der Waals surface area contributed by atoms with E-state index in [1.807, 2.05) is 0 Å². The Kier molecular flexibility index (Phi) is 1.58. The van der Waals surface area contributed by atoms with Crippen molar-refractivity contribution in [3.63, 3.8) is 0 Å². The van der Waals surface area contributed by atoms with Crippen molar-refractivity contribution in [1.82, 2.24) is 30.1 Å². The maximum Gasteiger partial charge on any atom is 0.183 e. The van der Waals surface area contributed by atoms with E-state index < -0.39 is 0 Å². The number of rotatable bonds is 1. The highest BCUT2D eigenvalue weighted by atomic mass is 15.2. The van der Waals surface area contributed by atoms with Crippen molar-refractivity contribution in [2.75, 3.05) is 11.5 Å². The van der Waals surface area contributed by atoms with Gasteiger partial charge in [0.25, 0.3) is 0 Å². The molecule has 3 heterocycles. The molecule has 3 aromatic rings. The molecule has 0 saturated heterocycles. The molecule has 3 rings (SSSR count). The van der Waals surface area contributed by atoms with Crippen LogP contribution >= 0.6 is 0 Å².